The van der Waals surface area contributed by atoms with Gasteiger partial charge in [-0.2, -0.15) is 0 Å². The molecule has 0 spiro atoms. The van der Waals surface area contributed by atoms with Crippen molar-refractivity contribution in [1.82, 2.24) is 5.32 Å². The zero-order valence-corrected chi connectivity index (χ0v) is 13.0. The molecular weight excluding hydrogens is 270 g/mol. The predicted octanol–water partition coefficient (Wildman–Crippen LogP) is 2.31. The second-order valence-electron chi connectivity index (χ2n) is 5.43. The van der Waals surface area contributed by atoms with Crippen LogP contribution in [0.15, 0.2) is 18.2 Å². The number of esters is 1. The quantitative estimate of drug-likeness (QED) is 0.844. The molecule has 2 rings (SSSR count). The minimum Gasteiger partial charge on any atom is -0.493 e. The monoisotopic (exact) mass is 293 g/mol. The Labute approximate surface area is 125 Å². The second kappa shape index (κ2) is 6.80. The lowest BCUT2D eigenvalue weighted by Gasteiger charge is -2.21. The Bertz CT molecular complexity index is 501. The van der Waals surface area contributed by atoms with Gasteiger partial charge in [-0.3, -0.25) is 4.79 Å². The molecule has 5 heteroatoms. The normalized spacial score (nSPS) is 21.4. The highest BCUT2D eigenvalue weighted by Crippen LogP contribution is 2.36. The highest BCUT2D eigenvalue weighted by Gasteiger charge is 2.35. The maximum Gasteiger partial charge on any atom is 0.311 e. The van der Waals surface area contributed by atoms with E-state index in [1.807, 2.05) is 32.0 Å². The highest BCUT2D eigenvalue weighted by molar-refractivity contribution is 5.74. The number of rotatable bonds is 5. The van der Waals surface area contributed by atoms with E-state index in [0.717, 1.165) is 18.5 Å². The van der Waals surface area contributed by atoms with Gasteiger partial charge in [0.1, 0.15) is 0 Å². The molecule has 0 bridgehead atoms. The molecule has 2 unspecified atom stereocenters. The van der Waals surface area contributed by atoms with Crippen LogP contribution in [0.5, 0.6) is 11.5 Å². The number of methoxy groups -OCH3 is 2. The van der Waals surface area contributed by atoms with Gasteiger partial charge in [0.25, 0.3) is 0 Å². The van der Waals surface area contributed by atoms with Crippen LogP contribution in [0.3, 0.4) is 0 Å². The van der Waals surface area contributed by atoms with Crippen molar-refractivity contribution in [3.05, 3.63) is 23.8 Å². The first-order chi connectivity index (χ1) is 10.1. The third kappa shape index (κ3) is 3.47. The number of hydrogen-bond donors (Lipinski definition) is 1. The van der Waals surface area contributed by atoms with E-state index in [-0.39, 0.29) is 24.0 Å². The fourth-order valence-electron chi connectivity index (χ4n) is 2.67. The lowest BCUT2D eigenvalue weighted by Crippen LogP contribution is -2.27. The molecule has 0 aliphatic carbocycles. The van der Waals surface area contributed by atoms with Crippen molar-refractivity contribution in [2.24, 2.45) is 5.92 Å². The summed E-state index contributed by atoms with van der Waals surface area (Å²) in [7, 11) is 3.21. The summed E-state index contributed by atoms with van der Waals surface area (Å²) in [6, 6.07) is 5.69. The van der Waals surface area contributed by atoms with Gasteiger partial charge in [-0.05, 0) is 44.5 Å². The molecule has 116 valence electrons. The van der Waals surface area contributed by atoms with E-state index < -0.39 is 0 Å². The molecule has 0 saturated carbocycles. The predicted molar refractivity (Wildman–Crippen MR) is 79.6 cm³/mol. The van der Waals surface area contributed by atoms with Crippen molar-refractivity contribution in [3.63, 3.8) is 0 Å². The summed E-state index contributed by atoms with van der Waals surface area (Å²) < 4.78 is 15.9. The molecule has 1 aromatic rings. The average molecular weight is 293 g/mol. The molecule has 1 heterocycles. The Morgan fingerprint density at radius 3 is 2.57 bits per heavy atom. The van der Waals surface area contributed by atoms with E-state index in [4.69, 9.17) is 14.2 Å². The third-order valence-corrected chi connectivity index (χ3v) is 3.64. The Balaban J connectivity index is 2.21. The number of ether oxygens (including phenoxy) is 3. The van der Waals surface area contributed by atoms with Gasteiger partial charge >= 0.3 is 5.97 Å². The fourth-order valence-corrected chi connectivity index (χ4v) is 2.67. The lowest BCUT2D eigenvalue weighted by molar-refractivity contribution is -0.152. The number of nitrogens with one attached hydrogen (secondary N) is 1. The molecule has 0 amide bonds. The van der Waals surface area contributed by atoms with Crippen LogP contribution in [-0.2, 0) is 9.53 Å². The van der Waals surface area contributed by atoms with Crippen LogP contribution in [0.25, 0.3) is 0 Å². The van der Waals surface area contributed by atoms with Gasteiger partial charge in [-0.1, -0.05) is 6.07 Å². The summed E-state index contributed by atoms with van der Waals surface area (Å²) in [6.45, 7) is 4.54. The number of carbonyl (C=O) groups excluding carboxylic acids is 1. The van der Waals surface area contributed by atoms with Crippen LogP contribution in [0.4, 0.5) is 0 Å². The number of carbonyl (C=O) groups is 1. The molecule has 21 heavy (non-hydrogen) atoms. The van der Waals surface area contributed by atoms with Gasteiger partial charge in [-0.25, -0.2) is 0 Å². The molecule has 1 aromatic carbocycles. The van der Waals surface area contributed by atoms with Crippen LogP contribution in [0.1, 0.15) is 31.9 Å². The van der Waals surface area contributed by atoms with Crippen molar-refractivity contribution in [2.75, 3.05) is 20.8 Å². The summed E-state index contributed by atoms with van der Waals surface area (Å²) in [6.07, 6.45) is 0.689. The standard InChI is InChI=1S/C16H23NO4/c1-10(2)21-16(18)12-7-8-17-15(12)11-5-6-13(19-3)14(9-11)20-4/h5-6,9-10,12,15,17H,7-8H2,1-4H3. The summed E-state index contributed by atoms with van der Waals surface area (Å²) >= 11 is 0. The molecule has 0 aromatic heterocycles. The topological polar surface area (TPSA) is 56.8 Å². The minimum absolute atomic E-state index is 0.0453. The summed E-state index contributed by atoms with van der Waals surface area (Å²) in [5.74, 6) is 1.04. The van der Waals surface area contributed by atoms with E-state index in [1.165, 1.54) is 0 Å². The minimum atomic E-state index is -0.162. The van der Waals surface area contributed by atoms with E-state index in [9.17, 15) is 4.79 Å². The molecule has 1 aliphatic rings. The maximum atomic E-state index is 12.2. The first-order valence-corrected chi connectivity index (χ1v) is 7.22. The second-order valence-corrected chi connectivity index (χ2v) is 5.43. The van der Waals surface area contributed by atoms with Crippen LogP contribution in [0.2, 0.25) is 0 Å². The molecule has 0 radical (unpaired) electrons. The van der Waals surface area contributed by atoms with Gasteiger partial charge in [0, 0.05) is 6.04 Å². The van der Waals surface area contributed by atoms with Crippen molar-refractivity contribution in [3.8, 4) is 11.5 Å². The van der Waals surface area contributed by atoms with Crippen LogP contribution in [0, 0.1) is 5.92 Å². The number of benzene rings is 1. The number of hydrogen-bond acceptors (Lipinski definition) is 5. The first-order valence-electron chi connectivity index (χ1n) is 7.22. The Morgan fingerprint density at radius 2 is 1.95 bits per heavy atom. The smallest absolute Gasteiger partial charge is 0.311 e. The third-order valence-electron chi connectivity index (χ3n) is 3.64. The van der Waals surface area contributed by atoms with Gasteiger partial charge in [-0.15, -0.1) is 0 Å². The fraction of sp³-hybridized carbons (Fsp3) is 0.562. The Morgan fingerprint density at radius 1 is 1.24 bits per heavy atom. The van der Waals surface area contributed by atoms with Crippen molar-refractivity contribution in [2.45, 2.75) is 32.4 Å². The van der Waals surface area contributed by atoms with Gasteiger partial charge in [0.05, 0.1) is 26.2 Å². The summed E-state index contributed by atoms with van der Waals surface area (Å²) in [5, 5.41) is 3.37. The van der Waals surface area contributed by atoms with Crippen LogP contribution < -0.4 is 14.8 Å². The van der Waals surface area contributed by atoms with Crippen LogP contribution in [-0.4, -0.2) is 32.8 Å². The van der Waals surface area contributed by atoms with Gasteiger partial charge in [0.15, 0.2) is 11.5 Å². The molecule has 1 saturated heterocycles. The van der Waals surface area contributed by atoms with Crippen molar-refractivity contribution >= 4 is 5.97 Å². The zero-order valence-electron chi connectivity index (χ0n) is 13.0. The Hall–Kier alpha value is -1.75. The van der Waals surface area contributed by atoms with Crippen molar-refractivity contribution in [1.29, 1.82) is 0 Å². The molecule has 1 aliphatic heterocycles. The molecule has 5 nitrogen and oxygen atoms in total. The van der Waals surface area contributed by atoms with Gasteiger partial charge < -0.3 is 19.5 Å². The highest BCUT2D eigenvalue weighted by atomic mass is 16.5. The lowest BCUT2D eigenvalue weighted by atomic mass is 9.94. The van der Waals surface area contributed by atoms with E-state index in [0.29, 0.717) is 11.5 Å². The SMILES string of the molecule is COc1ccc(C2NCCC2C(=O)OC(C)C)cc1OC. The van der Waals surface area contributed by atoms with E-state index >= 15 is 0 Å². The summed E-state index contributed by atoms with van der Waals surface area (Å²) in [4.78, 5) is 12.2. The van der Waals surface area contributed by atoms with E-state index in [1.54, 1.807) is 14.2 Å². The van der Waals surface area contributed by atoms with Gasteiger partial charge in [0.2, 0.25) is 0 Å². The van der Waals surface area contributed by atoms with Crippen molar-refractivity contribution < 1.29 is 19.0 Å². The largest absolute Gasteiger partial charge is 0.493 e. The average Bonchev–Trinajstić information content (AvgIpc) is 2.95. The molecule has 1 N–H and O–H groups in total. The maximum absolute atomic E-state index is 12.2. The summed E-state index contributed by atoms with van der Waals surface area (Å²) in [5.41, 5.74) is 1.01. The molecule has 1 fully saturated rings. The molecule has 2 atom stereocenters. The first kappa shape index (κ1) is 15.6. The van der Waals surface area contributed by atoms with E-state index in [2.05, 4.69) is 5.32 Å². The van der Waals surface area contributed by atoms with Crippen LogP contribution >= 0.6 is 0 Å². The zero-order chi connectivity index (χ0) is 15.4. The Kier molecular flexibility index (Phi) is 5.07. The molecular formula is C16H23NO4.